The molecule has 2 unspecified atom stereocenters. The van der Waals surface area contributed by atoms with Crippen molar-refractivity contribution in [3.05, 3.63) is 65.7 Å². The van der Waals surface area contributed by atoms with Crippen molar-refractivity contribution in [2.75, 3.05) is 29.9 Å². The van der Waals surface area contributed by atoms with Gasteiger partial charge in [-0.15, -0.1) is 0 Å². The number of para-hydroxylation sites is 1. The number of Topliss-reactive ketones (excluding diaryl/α,β-unsaturated/α-hetero) is 1. The maximum Gasteiger partial charge on any atom is 0.310 e. The maximum atomic E-state index is 13.3. The number of furan rings is 1. The van der Waals surface area contributed by atoms with Crippen molar-refractivity contribution in [2.45, 2.75) is 38.5 Å². The Labute approximate surface area is 198 Å². The number of carbonyl (C=O) groups excluding carboxylic acids is 2. The first-order chi connectivity index (χ1) is 16.6. The Hall–Kier alpha value is -3.68. The van der Waals surface area contributed by atoms with E-state index in [2.05, 4.69) is 5.32 Å². The average molecular weight is 461 g/mol. The maximum absolute atomic E-state index is 13.3. The molecule has 2 aliphatic rings. The lowest BCUT2D eigenvalue weighted by molar-refractivity contribution is -0.148. The second-order valence-corrected chi connectivity index (χ2v) is 8.77. The summed E-state index contributed by atoms with van der Waals surface area (Å²) in [7, 11) is 0. The molecule has 2 atom stereocenters. The van der Waals surface area contributed by atoms with Gasteiger partial charge in [-0.1, -0.05) is 18.2 Å². The number of ether oxygens (including phenoxy) is 1. The molecule has 1 aliphatic carbocycles. The van der Waals surface area contributed by atoms with Gasteiger partial charge in [-0.3, -0.25) is 9.59 Å². The van der Waals surface area contributed by atoms with Gasteiger partial charge in [-0.05, 0) is 44.0 Å². The lowest BCUT2D eigenvalue weighted by Crippen LogP contribution is -2.40. The summed E-state index contributed by atoms with van der Waals surface area (Å²) in [6.07, 6.45) is 4.20. The van der Waals surface area contributed by atoms with Crippen molar-refractivity contribution in [3.63, 3.8) is 0 Å². The van der Waals surface area contributed by atoms with Crippen LogP contribution in [0.2, 0.25) is 0 Å². The van der Waals surface area contributed by atoms with Crippen LogP contribution in [0.1, 0.15) is 53.9 Å². The second-order valence-electron chi connectivity index (χ2n) is 8.77. The van der Waals surface area contributed by atoms with Crippen molar-refractivity contribution >= 4 is 29.2 Å². The molecule has 3 heterocycles. The number of aromatic nitrogens is 2. The summed E-state index contributed by atoms with van der Waals surface area (Å²) in [6.45, 7) is 3.43. The number of rotatable bonds is 6. The minimum absolute atomic E-state index is 0.00400. The zero-order chi connectivity index (χ0) is 23.5. The van der Waals surface area contributed by atoms with E-state index in [1.165, 1.54) is 0 Å². The smallest absolute Gasteiger partial charge is 0.310 e. The van der Waals surface area contributed by atoms with Crippen molar-refractivity contribution in [1.82, 2.24) is 9.97 Å². The fourth-order valence-electron chi connectivity index (χ4n) is 4.79. The standard InChI is InChI=1S/C26H28N4O4/c1-2-33-25(32)17-8-6-12-30(16-17)26-28-20-14-18(22-11-7-13-34-22)15-21(31)23(20)24(29-26)27-19-9-4-3-5-10-19/h3-5,7,9-11,13,17-18H,2,6,8,12,14-16H2,1H3,(H,27,28,29). The van der Waals surface area contributed by atoms with Crippen LogP contribution in [0.25, 0.3) is 0 Å². The molecule has 34 heavy (non-hydrogen) atoms. The predicted molar refractivity (Wildman–Crippen MR) is 127 cm³/mol. The summed E-state index contributed by atoms with van der Waals surface area (Å²) in [5.41, 5.74) is 2.09. The third kappa shape index (κ3) is 4.53. The van der Waals surface area contributed by atoms with Gasteiger partial charge >= 0.3 is 5.97 Å². The molecule has 1 saturated heterocycles. The molecule has 0 amide bonds. The van der Waals surface area contributed by atoms with Crippen LogP contribution < -0.4 is 10.2 Å². The predicted octanol–water partition coefficient (Wildman–Crippen LogP) is 4.51. The van der Waals surface area contributed by atoms with E-state index in [9.17, 15) is 9.59 Å². The SMILES string of the molecule is CCOC(=O)C1CCCN(c2nc3c(c(Nc4ccccc4)n2)C(=O)CC(c2ccco2)C3)C1. The first kappa shape index (κ1) is 22.1. The molecule has 1 N–H and O–H groups in total. The van der Waals surface area contributed by atoms with Crippen LogP contribution in [0.4, 0.5) is 17.5 Å². The van der Waals surface area contributed by atoms with E-state index < -0.39 is 0 Å². The minimum atomic E-state index is -0.212. The summed E-state index contributed by atoms with van der Waals surface area (Å²) in [4.78, 5) is 37.3. The van der Waals surface area contributed by atoms with Gasteiger partial charge in [0.1, 0.15) is 11.6 Å². The van der Waals surface area contributed by atoms with Gasteiger partial charge in [0.2, 0.25) is 5.95 Å². The number of nitrogens with zero attached hydrogens (tertiary/aromatic N) is 3. The van der Waals surface area contributed by atoms with Gasteiger partial charge in [0.05, 0.1) is 30.0 Å². The number of piperidine rings is 1. The molecular weight excluding hydrogens is 432 g/mol. The van der Waals surface area contributed by atoms with Crippen molar-refractivity contribution in [3.8, 4) is 0 Å². The average Bonchev–Trinajstić information content (AvgIpc) is 3.40. The Morgan fingerprint density at radius 3 is 2.79 bits per heavy atom. The molecule has 0 spiro atoms. The molecule has 8 heteroatoms. The molecule has 1 aromatic carbocycles. The highest BCUT2D eigenvalue weighted by molar-refractivity contribution is 6.03. The van der Waals surface area contributed by atoms with E-state index in [0.717, 1.165) is 30.8 Å². The molecular formula is C26H28N4O4. The van der Waals surface area contributed by atoms with Crippen molar-refractivity contribution in [2.24, 2.45) is 5.92 Å². The van der Waals surface area contributed by atoms with Crippen LogP contribution in [-0.2, 0) is 16.0 Å². The summed E-state index contributed by atoms with van der Waals surface area (Å²) < 4.78 is 10.9. The molecule has 176 valence electrons. The number of hydrogen-bond acceptors (Lipinski definition) is 8. The summed E-state index contributed by atoms with van der Waals surface area (Å²) in [5, 5.41) is 3.33. The fourth-order valence-corrected chi connectivity index (χ4v) is 4.79. The highest BCUT2D eigenvalue weighted by Gasteiger charge is 2.34. The van der Waals surface area contributed by atoms with Crippen LogP contribution >= 0.6 is 0 Å². The van der Waals surface area contributed by atoms with Crippen LogP contribution in [0.3, 0.4) is 0 Å². The zero-order valence-corrected chi connectivity index (χ0v) is 19.2. The van der Waals surface area contributed by atoms with E-state index >= 15 is 0 Å². The fraction of sp³-hybridized carbons (Fsp3) is 0.385. The number of fused-ring (bicyclic) bond motifs is 1. The molecule has 5 rings (SSSR count). The summed E-state index contributed by atoms with van der Waals surface area (Å²) in [5.74, 6) is 1.37. The van der Waals surface area contributed by atoms with Crippen LogP contribution in [-0.4, -0.2) is 41.4 Å². The van der Waals surface area contributed by atoms with Crippen LogP contribution in [0, 0.1) is 5.92 Å². The summed E-state index contributed by atoms with van der Waals surface area (Å²) in [6, 6.07) is 13.4. The van der Waals surface area contributed by atoms with Gasteiger partial charge < -0.3 is 19.4 Å². The number of anilines is 3. The third-order valence-corrected chi connectivity index (χ3v) is 6.43. The number of esters is 1. The van der Waals surface area contributed by atoms with E-state index in [1.54, 1.807) is 6.26 Å². The number of ketones is 1. The van der Waals surface area contributed by atoms with Crippen molar-refractivity contribution in [1.29, 1.82) is 0 Å². The monoisotopic (exact) mass is 460 g/mol. The molecule has 1 fully saturated rings. The van der Waals surface area contributed by atoms with Gasteiger partial charge in [0.25, 0.3) is 0 Å². The molecule has 2 aromatic heterocycles. The zero-order valence-electron chi connectivity index (χ0n) is 19.2. The Morgan fingerprint density at radius 1 is 1.18 bits per heavy atom. The molecule has 0 radical (unpaired) electrons. The quantitative estimate of drug-likeness (QED) is 0.537. The van der Waals surface area contributed by atoms with E-state index in [1.807, 2.05) is 54.3 Å². The van der Waals surface area contributed by atoms with Gasteiger partial charge in [-0.25, -0.2) is 4.98 Å². The minimum Gasteiger partial charge on any atom is -0.469 e. The van der Waals surface area contributed by atoms with Gasteiger partial charge in [0, 0.05) is 37.5 Å². The molecule has 3 aromatic rings. The van der Waals surface area contributed by atoms with Gasteiger partial charge in [0.15, 0.2) is 5.78 Å². The van der Waals surface area contributed by atoms with Gasteiger partial charge in [-0.2, -0.15) is 4.98 Å². The van der Waals surface area contributed by atoms with E-state index in [4.69, 9.17) is 19.1 Å². The van der Waals surface area contributed by atoms with Crippen LogP contribution in [0.15, 0.2) is 53.1 Å². The number of hydrogen-bond donors (Lipinski definition) is 1. The Morgan fingerprint density at radius 2 is 2.03 bits per heavy atom. The first-order valence-electron chi connectivity index (χ1n) is 11.8. The Balaban J connectivity index is 1.51. The molecule has 8 nitrogen and oxygen atoms in total. The first-order valence-corrected chi connectivity index (χ1v) is 11.8. The van der Waals surface area contributed by atoms with E-state index in [-0.39, 0.29) is 23.6 Å². The lowest BCUT2D eigenvalue weighted by atomic mass is 9.84. The largest absolute Gasteiger partial charge is 0.469 e. The number of benzene rings is 1. The second kappa shape index (κ2) is 9.67. The van der Waals surface area contributed by atoms with Crippen LogP contribution in [0.5, 0.6) is 0 Å². The molecule has 1 aliphatic heterocycles. The number of nitrogens with one attached hydrogen (secondary N) is 1. The topological polar surface area (TPSA) is 97.6 Å². The summed E-state index contributed by atoms with van der Waals surface area (Å²) >= 11 is 0. The molecule has 0 bridgehead atoms. The number of carbonyl (C=O) groups is 2. The Kier molecular flexibility index (Phi) is 6.29. The lowest BCUT2D eigenvalue weighted by Gasteiger charge is -2.33. The van der Waals surface area contributed by atoms with Crippen molar-refractivity contribution < 1.29 is 18.7 Å². The molecule has 0 saturated carbocycles. The third-order valence-electron chi connectivity index (χ3n) is 6.43. The normalized spacial score (nSPS) is 20.0. The highest BCUT2D eigenvalue weighted by Crippen LogP contribution is 2.37. The highest BCUT2D eigenvalue weighted by atomic mass is 16.5. The van der Waals surface area contributed by atoms with E-state index in [0.29, 0.717) is 49.0 Å². The Bertz CT molecular complexity index is 1160.